The molecule has 0 aromatic heterocycles. The minimum atomic E-state index is -0.647. The largest absolute Gasteiger partial charge is 1.00 e. The number of aliphatic carboxylic acids is 1. The summed E-state index contributed by atoms with van der Waals surface area (Å²) in [6.45, 7) is 3.83. The van der Waals surface area contributed by atoms with Crippen molar-refractivity contribution in [2.24, 2.45) is 11.8 Å². The molecule has 138 valence electrons. The number of nitrogens with zero attached hydrogens (tertiary/aromatic N) is 3. The van der Waals surface area contributed by atoms with Gasteiger partial charge >= 0.3 is 57.4 Å². The molecule has 1 amide bonds. The zero-order chi connectivity index (χ0) is 16.7. The molecule has 2 saturated heterocycles. The molecule has 2 fully saturated rings. The summed E-state index contributed by atoms with van der Waals surface area (Å²) in [6, 6.07) is 0. The Morgan fingerprint density at radius 3 is 1.75 bits per heavy atom. The van der Waals surface area contributed by atoms with Crippen LogP contribution in [0.3, 0.4) is 0 Å². The van der Waals surface area contributed by atoms with Gasteiger partial charge in [-0.1, -0.05) is 7.43 Å². The Labute approximate surface area is 191 Å². The Balaban J connectivity index is -0.000000350. The van der Waals surface area contributed by atoms with Crippen LogP contribution in [-0.2, 0) is 9.59 Å². The van der Waals surface area contributed by atoms with E-state index in [1.165, 1.54) is 0 Å². The van der Waals surface area contributed by atoms with Gasteiger partial charge in [-0.3, -0.25) is 9.59 Å². The fourth-order valence-electron chi connectivity index (χ4n) is 3.10. The molecule has 24 heavy (non-hydrogen) atoms. The average molecular weight is 370 g/mol. The molecule has 0 radical (unpaired) electrons. The first-order valence-corrected chi connectivity index (χ1v) is 8.12. The predicted molar refractivity (Wildman–Crippen MR) is 94.6 cm³/mol. The average Bonchev–Trinajstić information content (AvgIpc) is 2.47. The molecule has 0 aromatic rings. The van der Waals surface area contributed by atoms with Gasteiger partial charge in [-0.2, -0.15) is 0 Å². The van der Waals surface area contributed by atoms with Crippen molar-refractivity contribution in [3.8, 4) is 0 Å². The van der Waals surface area contributed by atoms with Crippen LogP contribution in [0.25, 0.3) is 0 Å². The van der Waals surface area contributed by atoms with Crippen LogP contribution in [0.5, 0.6) is 0 Å². The van der Waals surface area contributed by atoms with Gasteiger partial charge in [-0.25, -0.2) is 0 Å². The SMILES string of the molecule is C.CN1CCCC(C(=O)N(C)C)C1.CN1CCCC(C(=O)O)C1.[H-].[K+]. The maximum absolute atomic E-state index is 11.5. The van der Waals surface area contributed by atoms with Gasteiger partial charge in [0.25, 0.3) is 0 Å². The second-order valence-electron chi connectivity index (χ2n) is 6.77. The second-order valence-corrected chi connectivity index (χ2v) is 6.77. The van der Waals surface area contributed by atoms with Gasteiger partial charge in [-0.05, 0) is 52.9 Å². The summed E-state index contributed by atoms with van der Waals surface area (Å²) in [4.78, 5) is 28.0. The van der Waals surface area contributed by atoms with Crippen molar-refractivity contribution >= 4 is 11.9 Å². The number of carbonyl (C=O) groups excluding carboxylic acids is 1. The summed E-state index contributed by atoms with van der Waals surface area (Å²) >= 11 is 0. The molecular weight excluding hydrogens is 333 g/mol. The summed E-state index contributed by atoms with van der Waals surface area (Å²) in [7, 11) is 7.71. The fourth-order valence-corrected chi connectivity index (χ4v) is 3.10. The van der Waals surface area contributed by atoms with E-state index < -0.39 is 5.97 Å². The van der Waals surface area contributed by atoms with E-state index >= 15 is 0 Å². The molecule has 2 rings (SSSR count). The second kappa shape index (κ2) is 13.7. The van der Waals surface area contributed by atoms with Crippen molar-refractivity contribution in [3.63, 3.8) is 0 Å². The molecule has 2 atom stereocenters. The van der Waals surface area contributed by atoms with Crippen molar-refractivity contribution in [1.82, 2.24) is 14.7 Å². The summed E-state index contributed by atoms with van der Waals surface area (Å²) in [5, 5.41) is 8.63. The Kier molecular flexibility index (Phi) is 15.2. The maximum Gasteiger partial charge on any atom is 1.00 e. The molecule has 0 spiro atoms. The summed E-state index contributed by atoms with van der Waals surface area (Å²) in [6.07, 6.45) is 4.08. The molecule has 1 N–H and O–H groups in total. The van der Waals surface area contributed by atoms with Crippen LogP contribution < -0.4 is 51.4 Å². The number of carbonyl (C=O) groups is 2. The van der Waals surface area contributed by atoms with E-state index in [0.717, 1.165) is 51.9 Å². The number of piperidine rings is 2. The van der Waals surface area contributed by atoms with Gasteiger partial charge in [0, 0.05) is 27.2 Å². The molecule has 0 bridgehead atoms. The van der Waals surface area contributed by atoms with Crippen LogP contribution in [-0.4, -0.2) is 86.1 Å². The molecule has 0 saturated carbocycles. The van der Waals surface area contributed by atoms with Gasteiger partial charge < -0.3 is 21.2 Å². The molecule has 2 aliphatic heterocycles. The topological polar surface area (TPSA) is 64.1 Å². The Morgan fingerprint density at radius 2 is 1.42 bits per heavy atom. The number of likely N-dealkylation sites (tertiary alicyclic amines) is 2. The Hall–Kier alpha value is 0.496. The van der Waals surface area contributed by atoms with Crippen LogP contribution in [0.1, 0.15) is 34.5 Å². The first-order chi connectivity index (χ1) is 10.3. The minimum Gasteiger partial charge on any atom is -1.00 e. The van der Waals surface area contributed by atoms with Crippen LogP contribution in [0.2, 0.25) is 0 Å². The molecule has 6 nitrogen and oxygen atoms in total. The van der Waals surface area contributed by atoms with Gasteiger partial charge in [0.05, 0.1) is 11.8 Å². The molecule has 2 aliphatic rings. The number of carboxylic acid groups (broad SMARTS) is 1. The molecular formula is C17H36KN3O3. The normalized spacial score (nSPS) is 24.5. The third kappa shape index (κ3) is 9.84. The standard InChI is InChI=1S/C9H18N2O.C7H13NO2.CH4.K.H/c1-10(2)9(12)8-5-4-6-11(3)7-8;1-8-4-2-3-6(5-8)7(9)10;;;/h8H,4-7H2,1-3H3;6H,2-5H2,1H3,(H,9,10);1H4;;/q;;;+1;-1. The smallest absolute Gasteiger partial charge is 1.00 e. The third-order valence-electron chi connectivity index (χ3n) is 4.39. The van der Waals surface area contributed by atoms with Crippen LogP contribution >= 0.6 is 0 Å². The van der Waals surface area contributed by atoms with Crippen LogP contribution in [0.15, 0.2) is 0 Å². The summed E-state index contributed by atoms with van der Waals surface area (Å²) < 4.78 is 0. The monoisotopic (exact) mass is 369 g/mol. The van der Waals surface area contributed by atoms with Gasteiger partial charge in [0.1, 0.15) is 0 Å². The van der Waals surface area contributed by atoms with Crippen LogP contribution in [0, 0.1) is 11.8 Å². The van der Waals surface area contributed by atoms with Crippen molar-refractivity contribution in [1.29, 1.82) is 0 Å². The van der Waals surface area contributed by atoms with Gasteiger partial charge in [0.2, 0.25) is 5.91 Å². The van der Waals surface area contributed by atoms with E-state index in [0.29, 0.717) is 0 Å². The van der Waals surface area contributed by atoms with E-state index in [4.69, 9.17) is 5.11 Å². The number of hydrogen-bond acceptors (Lipinski definition) is 4. The Bertz CT molecular complexity index is 386. The predicted octanol–water partition coefficient (Wildman–Crippen LogP) is -1.42. The van der Waals surface area contributed by atoms with Crippen molar-refractivity contribution in [2.45, 2.75) is 33.1 Å². The first kappa shape index (κ1) is 26.7. The molecule has 0 aromatic carbocycles. The van der Waals surface area contributed by atoms with E-state index in [1.807, 2.05) is 21.1 Å². The number of carboxylic acids is 1. The minimum absolute atomic E-state index is 0. The number of rotatable bonds is 2. The van der Waals surface area contributed by atoms with Gasteiger partial charge in [-0.15, -0.1) is 0 Å². The molecule has 0 aliphatic carbocycles. The van der Waals surface area contributed by atoms with Crippen molar-refractivity contribution in [2.75, 3.05) is 54.4 Å². The van der Waals surface area contributed by atoms with Crippen molar-refractivity contribution < 1.29 is 67.5 Å². The molecule has 7 heteroatoms. The zero-order valence-electron chi connectivity index (χ0n) is 16.4. The summed E-state index contributed by atoms with van der Waals surface area (Å²) in [5.41, 5.74) is 0. The van der Waals surface area contributed by atoms with E-state index in [1.54, 1.807) is 4.90 Å². The molecule has 2 unspecified atom stereocenters. The fraction of sp³-hybridized carbons (Fsp3) is 0.882. The third-order valence-corrected chi connectivity index (χ3v) is 4.39. The van der Waals surface area contributed by atoms with Gasteiger partial charge in [0.15, 0.2) is 0 Å². The zero-order valence-corrected chi connectivity index (χ0v) is 18.5. The van der Waals surface area contributed by atoms with Crippen molar-refractivity contribution in [3.05, 3.63) is 0 Å². The van der Waals surface area contributed by atoms with Crippen LogP contribution in [0.4, 0.5) is 0 Å². The van der Waals surface area contributed by atoms with E-state index in [2.05, 4.69) is 16.8 Å². The quantitative estimate of drug-likeness (QED) is 0.606. The Morgan fingerprint density at radius 1 is 1.00 bits per heavy atom. The van der Waals surface area contributed by atoms with E-state index in [9.17, 15) is 9.59 Å². The molecule has 2 heterocycles. The number of hydrogen-bond donors (Lipinski definition) is 1. The summed E-state index contributed by atoms with van der Waals surface area (Å²) in [5.74, 6) is -0.259. The first-order valence-electron chi connectivity index (χ1n) is 8.12. The van der Waals surface area contributed by atoms with E-state index in [-0.39, 0.29) is 78.0 Å². The number of amides is 1. The maximum atomic E-state index is 11.5.